The van der Waals surface area contributed by atoms with Crippen molar-refractivity contribution in [1.82, 2.24) is 9.78 Å². The van der Waals surface area contributed by atoms with E-state index in [2.05, 4.69) is 9.84 Å². The zero-order valence-corrected chi connectivity index (χ0v) is 10.3. The highest BCUT2D eigenvalue weighted by molar-refractivity contribution is 5.89. The van der Waals surface area contributed by atoms with Crippen LogP contribution in [0.15, 0.2) is 10.5 Å². The van der Waals surface area contributed by atoms with Gasteiger partial charge in [-0.2, -0.15) is 0 Å². The topological polar surface area (TPSA) is 57.3 Å². The van der Waals surface area contributed by atoms with Crippen molar-refractivity contribution in [3.05, 3.63) is 23.1 Å². The van der Waals surface area contributed by atoms with Gasteiger partial charge in [-0.05, 0) is 19.9 Å². The van der Waals surface area contributed by atoms with Crippen LogP contribution in [0.4, 0.5) is 0 Å². The van der Waals surface area contributed by atoms with Gasteiger partial charge in [0.25, 0.3) is 0 Å². The van der Waals surface area contributed by atoms with Gasteiger partial charge in [0, 0.05) is 24.4 Å². The Bertz CT molecular complexity index is 605. The lowest BCUT2D eigenvalue weighted by atomic mass is 10.2. The predicted octanol–water partition coefficient (Wildman–Crippen LogP) is 1.97. The molecule has 5 nitrogen and oxygen atoms in total. The largest absolute Gasteiger partial charge is 0.466 e. The van der Waals surface area contributed by atoms with Crippen LogP contribution >= 0.6 is 0 Å². The summed E-state index contributed by atoms with van der Waals surface area (Å²) in [4.78, 5) is 11.0. The maximum Gasteiger partial charge on any atom is 0.330 e. The Kier molecular flexibility index (Phi) is 2.75. The third-order valence-electron chi connectivity index (χ3n) is 2.83. The van der Waals surface area contributed by atoms with Crippen molar-refractivity contribution >= 4 is 23.1 Å². The summed E-state index contributed by atoms with van der Waals surface area (Å²) in [6.45, 7) is 3.92. The second-order valence-electron chi connectivity index (χ2n) is 3.84. The number of furan rings is 1. The van der Waals surface area contributed by atoms with Crippen LogP contribution in [0, 0.1) is 13.8 Å². The van der Waals surface area contributed by atoms with Gasteiger partial charge in [-0.3, -0.25) is 4.68 Å². The lowest BCUT2D eigenvalue weighted by Gasteiger charge is -1.94. The summed E-state index contributed by atoms with van der Waals surface area (Å²) in [5.41, 5.74) is 2.61. The molecular weight excluding hydrogens is 220 g/mol. The fourth-order valence-electron chi connectivity index (χ4n) is 1.76. The summed E-state index contributed by atoms with van der Waals surface area (Å²) in [6.07, 6.45) is 2.93. The van der Waals surface area contributed by atoms with Crippen molar-refractivity contribution < 1.29 is 13.9 Å². The fourth-order valence-corrected chi connectivity index (χ4v) is 1.76. The van der Waals surface area contributed by atoms with E-state index in [1.165, 1.54) is 13.2 Å². The highest BCUT2D eigenvalue weighted by Gasteiger charge is 2.15. The molecule has 0 radical (unpaired) electrons. The van der Waals surface area contributed by atoms with Crippen molar-refractivity contribution in [2.24, 2.45) is 7.05 Å². The number of methoxy groups -OCH3 is 1. The quantitative estimate of drug-likeness (QED) is 0.588. The van der Waals surface area contributed by atoms with Crippen molar-refractivity contribution in [3.8, 4) is 0 Å². The van der Waals surface area contributed by atoms with Gasteiger partial charge in [-0.25, -0.2) is 4.79 Å². The number of fused-ring (bicyclic) bond motifs is 1. The number of carbonyl (C=O) groups is 1. The first-order chi connectivity index (χ1) is 8.04. The number of esters is 1. The Hall–Kier alpha value is -2.04. The van der Waals surface area contributed by atoms with Gasteiger partial charge in [-0.15, -0.1) is 5.10 Å². The van der Waals surface area contributed by atoms with Crippen molar-refractivity contribution in [1.29, 1.82) is 0 Å². The molecule has 0 atom stereocenters. The van der Waals surface area contributed by atoms with Gasteiger partial charge in [-0.1, -0.05) is 0 Å². The molecule has 90 valence electrons. The van der Waals surface area contributed by atoms with E-state index in [4.69, 9.17) is 4.42 Å². The molecule has 0 N–H and O–H groups in total. The second-order valence-corrected chi connectivity index (χ2v) is 3.84. The van der Waals surface area contributed by atoms with Gasteiger partial charge in [0.05, 0.1) is 12.5 Å². The van der Waals surface area contributed by atoms with E-state index in [0.29, 0.717) is 11.5 Å². The number of aromatic nitrogens is 2. The first-order valence-corrected chi connectivity index (χ1v) is 5.23. The Morgan fingerprint density at radius 3 is 2.76 bits per heavy atom. The van der Waals surface area contributed by atoms with E-state index in [1.54, 1.807) is 10.8 Å². The van der Waals surface area contributed by atoms with E-state index in [0.717, 1.165) is 16.6 Å². The van der Waals surface area contributed by atoms with Gasteiger partial charge in [0.15, 0.2) is 0 Å². The number of carbonyl (C=O) groups excluding carboxylic acids is 1. The number of nitrogens with zero attached hydrogens (tertiary/aromatic N) is 2. The SMILES string of the molecule is COC(=O)C=Cc1oc2nn(C)c(C)c2c1C. The van der Waals surface area contributed by atoms with Gasteiger partial charge in [0.1, 0.15) is 5.76 Å². The fraction of sp³-hybridized carbons (Fsp3) is 0.333. The van der Waals surface area contributed by atoms with Crippen molar-refractivity contribution in [2.75, 3.05) is 7.11 Å². The molecule has 0 amide bonds. The second kappa shape index (κ2) is 4.08. The van der Waals surface area contributed by atoms with Crippen LogP contribution in [0.1, 0.15) is 17.0 Å². The van der Waals surface area contributed by atoms with Gasteiger partial charge < -0.3 is 9.15 Å². The molecular formula is C12H14N2O3. The Balaban J connectivity index is 2.47. The van der Waals surface area contributed by atoms with E-state index in [1.807, 2.05) is 20.9 Å². The van der Waals surface area contributed by atoms with E-state index < -0.39 is 5.97 Å². The molecule has 0 aromatic carbocycles. The molecule has 2 aromatic rings. The molecule has 0 aliphatic carbocycles. The Morgan fingerprint density at radius 2 is 2.18 bits per heavy atom. The summed E-state index contributed by atoms with van der Waals surface area (Å²) < 4.78 is 11.9. The van der Waals surface area contributed by atoms with Gasteiger partial charge >= 0.3 is 5.97 Å². The average Bonchev–Trinajstić information content (AvgIpc) is 2.75. The third kappa shape index (κ3) is 1.84. The molecule has 0 saturated carbocycles. The molecule has 0 bridgehead atoms. The van der Waals surface area contributed by atoms with Crippen LogP contribution in [-0.2, 0) is 16.6 Å². The predicted molar refractivity (Wildman–Crippen MR) is 63.5 cm³/mol. The monoisotopic (exact) mass is 234 g/mol. The van der Waals surface area contributed by atoms with Crippen molar-refractivity contribution in [2.45, 2.75) is 13.8 Å². The van der Waals surface area contributed by atoms with Crippen LogP contribution in [0.5, 0.6) is 0 Å². The molecule has 2 aromatic heterocycles. The summed E-state index contributed by atoms with van der Waals surface area (Å²) in [5.74, 6) is 0.229. The highest BCUT2D eigenvalue weighted by atomic mass is 16.5. The van der Waals surface area contributed by atoms with Crippen LogP contribution in [0.25, 0.3) is 17.2 Å². The number of aryl methyl sites for hydroxylation is 3. The minimum absolute atomic E-state index is 0.407. The maximum atomic E-state index is 11.0. The normalized spacial score (nSPS) is 11.5. The first-order valence-electron chi connectivity index (χ1n) is 5.23. The molecule has 0 unspecified atom stereocenters. The number of ether oxygens (including phenoxy) is 1. The molecule has 5 heteroatoms. The summed E-state index contributed by atoms with van der Waals surface area (Å²) >= 11 is 0. The molecule has 0 fully saturated rings. The first kappa shape index (κ1) is 11.4. The molecule has 2 rings (SSSR count). The molecule has 17 heavy (non-hydrogen) atoms. The maximum absolute atomic E-state index is 11.0. The highest BCUT2D eigenvalue weighted by Crippen LogP contribution is 2.27. The van der Waals surface area contributed by atoms with Crippen LogP contribution in [0.2, 0.25) is 0 Å². The van der Waals surface area contributed by atoms with Crippen molar-refractivity contribution in [3.63, 3.8) is 0 Å². The van der Waals surface area contributed by atoms with Gasteiger partial charge in [0.2, 0.25) is 5.71 Å². The summed E-state index contributed by atoms with van der Waals surface area (Å²) in [6, 6.07) is 0. The number of rotatable bonds is 2. The lowest BCUT2D eigenvalue weighted by molar-refractivity contribution is -0.134. The average molecular weight is 234 g/mol. The lowest BCUT2D eigenvalue weighted by Crippen LogP contribution is -1.94. The number of hydrogen-bond donors (Lipinski definition) is 0. The summed E-state index contributed by atoms with van der Waals surface area (Å²) in [7, 11) is 3.21. The van der Waals surface area contributed by atoms with E-state index >= 15 is 0 Å². The molecule has 0 aliphatic rings. The van der Waals surface area contributed by atoms with E-state index in [9.17, 15) is 4.79 Å². The van der Waals surface area contributed by atoms with Crippen LogP contribution < -0.4 is 0 Å². The standard InChI is InChI=1S/C12H14N2O3/c1-7-9(5-6-10(15)16-4)17-12-11(7)8(2)14(3)13-12/h5-6H,1-4H3. The number of hydrogen-bond acceptors (Lipinski definition) is 4. The third-order valence-corrected chi connectivity index (χ3v) is 2.83. The Morgan fingerprint density at radius 1 is 1.47 bits per heavy atom. The molecule has 0 aliphatic heterocycles. The zero-order chi connectivity index (χ0) is 12.6. The zero-order valence-electron chi connectivity index (χ0n) is 10.3. The minimum Gasteiger partial charge on any atom is -0.466 e. The van der Waals surface area contributed by atoms with E-state index in [-0.39, 0.29) is 0 Å². The molecule has 0 saturated heterocycles. The summed E-state index contributed by atoms with van der Waals surface area (Å²) in [5, 5.41) is 5.24. The Labute approximate surface area is 98.7 Å². The van der Waals surface area contributed by atoms with Crippen LogP contribution in [0.3, 0.4) is 0 Å². The molecule has 0 spiro atoms. The molecule has 2 heterocycles. The minimum atomic E-state index is -0.407. The van der Waals surface area contributed by atoms with Crippen LogP contribution in [-0.4, -0.2) is 22.9 Å². The smallest absolute Gasteiger partial charge is 0.330 e.